The molecular formula is C31H30ClF3N6O6S. The van der Waals surface area contributed by atoms with E-state index in [4.69, 9.17) is 25.8 Å². The Morgan fingerprint density at radius 3 is 2.46 bits per heavy atom. The van der Waals surface area contributed by atoms with Gasteiger partial charge < -0.3 is 29.7 Å². The summed E-state index contributed by atoms with van der Waals surface area (Å²) in [6, 6.07) is 10.3. The van der Waals surface area contributed by atoms with Crippen molar-refractivity contribution in [2.45, 2.75) is 24.0 Å². The number of benzene rings is 3. The SMILES string of the molecule is CNC(=O)OC1CCN(c2cc(F)ccc2Nc2cc(F)c(S(=O)(=O)N(Cc3ccc(OC)cc3OC)c3ncc(F)cn3)cc2Cl)C1. The fourth-order valence-corrected chi connectivity index (χ4v) is 6.75. The molecule has 1 amide bonds. The summed E-state index contributed by atoms with van der Waals surface area (Å²) in [6.45, 7) is 0.266. The van der Waals surface area contributed by atoms with Crippen molar-refractivity contribution in [3.8, 4) is 11.5 Å². The van der Waals surface area contributed by atoms with Crippen molar-refractivity contribution in [3.63, 3.8) is 0 Å². The molecule has 1 fully saturated rings. The van der Waals surface area contributed by atoms with Crippen LogP contribution >= 0.6 is 11.6 Å². The second-order valence-electron chi connectivity index (χ2n) is 10.5. The molecule has 17 heteroatoms. The number of anilines is 4. The van der Waals surface area contributed by atoms with Crippen molar-refractivity contribution in [2.75, 3.05) is 48.9 Å². The van der Waals surface area contributed by atoms with Crippen molar-refractivity contribution < 1.29 is 40.6 Å². The minimum Gasteiger partial charge on any atom is -0.497 e. The van der Waals surface area contributed by atoms with Crippen LogP contribution in [-0.4, -0.2) is 64.9 Å². The molecule has 12 nitrogen and oxygen atoms in total. The lowest BCUT2D eigenvalue weighted by Gasteiger charge is -2.25. The summed E-state index contributed by atoms with van der Waals surface area (Å²) in [4.78, 5) is 20.3. The number of sulfonamides is 1. The molecule has 0 radical (unpaired) electrons. The zero-order valence-corrected chi connectivity index (χ0v) is 27.4. The molecule has 254 valence electrons. The summed E-state index contributed by atoms with van der Waals surface area (Å²) in [5.74, 6) is -2.27. The number of aromatic nitrogens is 2. The molecule has 1 aromatic heterocycles. The fraction of sp³-hybridized carbons (Fsp3) is 0.258. The number of alkyl carbamates (subject to hydrolysis) is 1. The average Bonchev–Trinajstić information content (AvgIpc) is 3.54. The number of nitrogens with one attached hydrogen (secondary N) is 2. The van der Waals surface area contributed by atoms with E-state index < -0.39 is 57.1 Å². The molecule has 1 aliphatic heterocycles. The van der Waals surface area contributed by atoms with Crippen molar-refractivity contribution >= 4 is 50.7 Å². The molecule has 0 bridgehead atoms. The number of amides is 1. The fourth-order valence-electron chi connectivity index (χ4n) is 5.05. The van der Waals surface area contributed by atoms with Gasteiger partial charge in [0.25, 0.3) is 10.0 Å². The van der Waals surface area contributed by atoms with E-state index in [-0.39, 0.29) is 23.0 Å². The first-order chi connectivity index (χ1) is 22.9. The van der Waals surface area contributed by atoms with Gasteiger partial charge in [0.15, 0.2) is 5.82 Å². The minimum absolute atomic E-state index is 0.0141. The summed E-state index contributed by atoms with van der Waals surface area (Å²) in [5.41, 5.74) is 1.05. The van der Waals surface area contributed by atoms with Crippen LogP contribution in [0.5, 0.6) is 11.5 Å². The van der Waals surface area contributed by atoms with Crippen LogP contribution in [0.15, 0.2) is 65.8 Å². The molecule has 0 aliphatic carbocycles. The van der Waals surface area contributed by atoms with Crippen LogP contribution < -0.4 is 29.3 Å². The maximum atomic E-state index is 15.9. The molecule has 0 saturated carbocycles. The quantitative estimate of drug-likeness (QED) is 0.202. The first kappa shape index (κ1) is 34.4. The Bertz CT molecular complexity index is 1920. The Hall–Kier alpha value is -4.96. The Morgan fingerprint density at radius 2 is 1.77 bits per heavy atom. The summed E-state index contributed by atoms with van der Waals surface area (Å²) >= 11 is 6.53. The summed E-state index contributed by atoms with van der Waals surface area (Å²) in [7, 11) is -0.518. The largest absolute Gasteiger partial charge is 0.497 e. The highest BCUT2D eigenvalue weighted by molar-refractivity contribution is 7.92. The predicted molar refractivity (Wildman–Crippen MR) is 172 cm³/mol. The number of hydrogen-bond acceptors (Lipinski definition) is 10. The summed E-state index contributed by atoms with van der Waals surface area (Å²) < 4.78 is 88.7. The third-order valence-corrected chi connectivity index (χ3v) is 9.47. The smallest absolute Gasteiger partial charge is 0.407 e. The molecule has 0 spiro atoms. The second-order valence-corrected chi connectivity index (χ2v) is 12.7. The van der Waals surface area contributed by atoms with E-state index in [1.807, 2.05) is 0 Å². The van der Waals surface area contributed by atoms with Crippen LogP contribution in [0.3, 0.4) is 0 Å². The molecule has 1 saturated heterocycles. The van der Waals surface area contributed by atoms with Crippen molar-refractivity contribution in [3.05, 3.63) is 89.0 Å². The molecule has 1 aliphatic rings. The van der Waals surface area contributed by atoms with Gasteiger partial charge in [-0.2, -0.15) is 0 Å². The number of rotatable bonds is 11. The number of halogens is 4. The molecule has 4 aromatic rings. The Morgan fingerprint density at radius 1 is 1.02 bits per heavy atom. The number of nitrogens with zero attached hydrogens (tertiary/aromatic N) is 4. The van der Waals surface area contributed by atoms with Gasteiger partial charge >= 0.3 is 6.09 Å². The molecule has 3 aromatic carbocycles. The lowest BCUT2D eigenvalue weighted by atomic mass is 10.2. The molecule has 2 N–H and O–H groups in total. The van der Waals surface area contributed by atoms with Crippen LogP contribution in [-0.2, 0) is 21.3 Å². The van der Waals surface area contributed by atoms with E-state index in [0.717, 1.165) is 24.5 Å². The van der Waals surface area contributed by atoms with Gasteiger partial charge in [-0.05, 0) is 36.4 Å². The van der Waals surface area contributed by atoms with Gasteiger partial charge in [0.05, 0.1) is 61.8 Å². The lowest BCUT2D eigenvalue weighted by molar-refractivity contribution is 0.110. The van der Waals surface area contributed by atoms with Gasteiger partial charge in [-0.3, -0.25) is 0 Å². The number of carbonyl (C=O) groups is 1. The Balaban J connectivity index is 1.48. The Kier molecular flexibility index (Phi) is 10.3. The third-order valence-electron chi connectivity index (χ3n) is 7.42. The highest BCUT2D eigenvalue weighted by Gasteiger charge is 2.33. The van der Waals surface area contributed by atoms with Gasteiger partial charge in [0.2, 0.25) is 5.95 Å². The maximum absolute atomic E-state index is 15.9. The zero-order valence-electron chi connectivity index (χ0n) is 25.8. The van der Waals surface area contributed by atoms with Gasteiger partial charge in [0.1, 0.15) is 34.1 Å². The molecule has 1 unspecified atom stereocenters. The van der Waals surface area contributed by atoms with Gasteiger partial charge in [-0.1, -0.05) is 11.6 Å². The molecule has 48 heavy (non-hydrogen) atoms. The van der Waals surface area contributed by atoms with Crippen LogP contribution in [0.4, 0.5) is 41.0 Å². The van der Waals surface area contributed by atoms with Crippen molar-refractivity contribution in [2.24, 2.45) is 0 Å². The normalized spacial score (nSPS) is 14.4. The van der Waals surface area contributed by atoms with E-state index in [1.54, 1.807) is 17.0 Å². The number of hydrogen-bond donors (Lipinski definition) is 2. The third kappa shape index (κ3) is 7.44. The van der Waals surface area contributed by atoms with Gasteiger partial charge in [0, 0.05) is 37.7 Å². The van der Waals surface area contributed by atoms with Gasteiger partial charge in [-0.15, -0.1) is 0 Å². The zero-order chi connectivity index (χ0) is 34.6. The molecule has 1 atom stereocenters. The first-order valence-corrected chi connectivity index (χ1v) is 16.2. The predicted octanol–water partition coefficient (Wildman–Crippen LogP) is 5.64. The number of ether oxygens (including phenoxy) is 3. The number of methoxy groups -OCH3 is 2. The van der Waals surface area contributed by atoms with Crippen molar-refractivity contribution in [1.29, 1.82) is 0 Å². The first-order valence-electron chi connectivity index (χ1n) is 14.3. The van der Waals surface area contributed by atoms with Crippen molar-refractivity contribution in [1.82, 2.24) is 15.3 Å². The van der Waals surface area contributed by atoms with Crippen LogP contribution in [0.1, 0.15) is 12.0 Å². The minimum atomic E-state index is -4.79. The topological polar surface area (TPSA) is 135 Å². The monoisotopic (exact) mass is 706 g/mol. The molecule has 2 heterocycles. The average molecular weight is 707 g/mol. The summed E-state index contributed by atoms with van der Waals surface area (Å²) in [5, 5.41) is 5.16. The van der Waals surface area contributed by atoms with E-state index in [9.17, 15) is 22.0 Å². The van der Waals surface area contributed by atoms with E-state index >= 15 is 4.39 Å². The van der Waals surface area contributed by atoms with Crippen LogP contribution in [0.2, 0.25) is 5.02 Å². The van der Waals surface area contributed by atoms with Crippen LogP contribution in [0.25, 0.3) is 0 Å². The molecular weight excluding hydrogens is 677 g/mol. The van der Waals surface area contributed by atoms with E-state index in [0.29, 0.717) is 40.0 Å². The highest BCUT2D eigenvalue weighted by atomic mass is 35.5. The lowest BCUT2D eigenvalue weighted by Crippen LogP contribution is -2.33. The van der Waals surface area contributed by atoms with Gasteiger partial charge in [-0.25, -0.2) is 40.7 Å². The standard InChI is InChI=1S/C31H30ClF3N6O6S/c1-36-31(42)47-22-8-9-40(17-22)27-10-19(33)5-7-25(27)39-26-13-24(35)29(12-23(26)32)48(43,44)41(30-37-14-20(34)15-38-30)16-18-4-6-21(45-2)11-28(18)46-3/h4-7,10-15,22,39H,8-9,16-17H2,1-3H3,(H,36,42). The van der Waals surface area contributed by atoms with E-state index in [2.05, 4.69) is 20.6 Å². The van der Waals surface area contributed by atoms with E-state index in [1.165, 1.54) is 45.5 Å². The number of carbonyl (C=O) groups excluding carboxylic acids is 1. The maximum Gasteiger partial charge on any atom is 0.407 e. The molecule has 5 rings (SSSR count). The summed E-state index contributed by atoms with van der Waals surface area (Å²) in [6.07, 6.45) is 1.00. The Labute approximate surface area is 279 Å². The second kappa shape index (κ2) is 14.4. The van der Waals surface area contributed by atoms with Crippen LogP contribution in [0, 0.1) is 17.5 Å². The highest BCUT2D eigenvalue weighted by Crippen LogP contribution is 2.38.